The molecule has 2 aromatic rings. The van der Waals surface area contributed by atoms with E-state index in [1.807, 2.05) is 0 Å². The highest BCUT2D eigenvalue weighted by atomic mass is 79.9. The van der Waals surface area contributed by atoms with Gasteiger partial charge in [0.1, 0.15) is 18.1 Å². The Morgan fingerprint density at radius 3 is 2.43 bits per heavy atom. The van der Waals surface area contributed by atoms with Gasteiger partial charge in [-0.05, 0) is 49.4 Å². The number of carbonyl (C=O) groups excluding carboxylic acids is 1. The number of hydrogen-bond donors (Lipinski definition) is 1. The third-order valence-electron chi connectivity index (χ3n) is 3.61. The van der Waals surface area contributed by atoms with Crippen molar-refractivity contribution in [2.45, 2.75) is 19.2 Å². The summed E-state index contributed by atoms with van der Waals surface area (Å²) in [4.78, 5) is 12.4. The van der Waals surface area contributed by atoms with Crippen molar-refractivity contribution in [1.82, 2.24) is 0 Å². The van der Waals surface area contributed by atoms with E-state index in [1.165, 1.54) is 14.0 Å². The number of halogens is 4. The molecule has 0 heterocycles. The number of nitrogens with one attached hydrogen (secondary N) is 1. The number of amides is 1. The summed E-state index contributed by atoms with van der Waals surface area (Å²) in [6, 6.07) is 9.69. The smallest absolute Gasteiger partial charge is 0.416 e. The number of ether oxygens (including phenoxy) is 3. The zero-order chi connectivity index (χ0) is 20.7. The van der Waals surface area contributed by atoms with Crippen molar-refractivity contribution in [2.24, 2.45) is 0 Å². The molecule has 0 aromatic heterocycles. The number of alkyl halides is 3. The van der Waals surface area contributed by atoms with Crippen molar-refractivity contribution in [1.29, 1.82) is 0 Å². The van der Waals surface area contributed by atoms with Crippen molar-refractivity contribution in [3.8, 4) is 11.5 Å². The van der Waals surface area contributed by atoms with Crippen molar-refractivity contribution in [3.63, 3.8) is 0 Å². The van der Waals surface area contributed by atoms with E-state index in [4.69, 9.17) is 14.2 Å². The summed E-state index contributed by atoms with van der Waals surface area (Å²) in [7, 11) is 1.47. The first-order chi connectivity index (χ1) is 13.2. The van der Waals surface area contributed by atoms with Crippen LogP contribution in [0, 0.1) is 0 Å². The molecule has 152 valence electrons. The van der Waals surface area contributed by atoms with E-state index >= 15 is 0 Å². The maximum Gasteiger partial charge on any atom is 0.416 e. The fourth-order valence-electron chi connectivity index (χ4n) is 2.17. The van der Waals surface area contributed by atoms with E-state index in [0.717, 1.165) is 22.7 Å². The van der Waals surface area contributed by atoms with Gasteiger partial charge in [-0.2, -0.15) is 13.2 Å². The average Bonchev–Trinajstić information content (AvgIpc) is 2.64. The second-order valence-corrected chi connectivity index (χ2v) is 6.67. The summed E-state index contributed by atoms with van der Waals surface area (Å²) in [5, 5.41) is 2.44. The highest BCUT2D eigenvalue weighted by Gasteiger charge is 2.31. The van der Waals surface area contributed by atoms with Gasteiger partial charge in [-0.3, -0.25) is 4.79 Å². The van der Waals surface area contributed by atoms with Crippen LogP contribution in [-0.2, 0) is 15.7 Å². The monoisotopic (exact) mass is 461 g/mol. The summed E-state index contributed by atoms with van der Waals surface area (Å²) in [5.41, 5.74) is -0.995. The quantitative estimate of drug-likeness (QED) is 0.568. The molecule has 9 heteroatoms. The molecular weight excluding hydrogens is 443 g/mol. The zero-order valence-electron chi connectivity index (χ0n) is 15.2. The summed E-state index contributed by atoms with van der Waals surface area (Å²) < 4.78 is 55.7. The summed E-state index contributed by atoms with van der Waals surface area (Å²) in [6.45, 7) is 1.86. The molecule has 1 unspecified atom stereocenters. The molecule has 0 bridgehead atoms. The van der Waals surface area contributed by atoms with Crippen LogP contribution in [0.15, 0.2) is 46.9 Å². The van der Waals surface area contributed by atoms with Crippen LogP contribution in [-0.4, -0.2) is 32.3 Å². The van der Waals surface area contributed by atoms with E-state index in [2.05, 4.69) is 21.2 Å². The van der Waals surface area contributed by atoms with Crippen molar-refractivity contribution < 1.29 is 32.2 Å². The lowest BCUT2D eigenvalue weighted by Gasteiger charge is -2.18. The van der Waals surface area contributed by atoms with Crippen LogP contribution in [0.2, 0.25) is 0 Å². The second-order valence-electron chi connectivity index (χ2n) is 5.75. The minimum Gasteiger partial charge on any atom is -0.489 e. The number of rotatable bonds is 8. The van der Waals surface area contributed by atoms with Gasteiger partial charge in [-0.15, -0.1) is 0 Å². The van der Waals surface area contributed by atoms with Gasteiger partial charge < -0.3 is 19.5 Å². The molecule has 0 aliphatic rings. The number of anilines is 1. The second kappa shape index (κ2) is 9.79. The van der Waals surface area contributed by atoms with Gasteiger partial charge in [0.2, 0.25) is 0 Å². The lowest BCUT2D eigenvalue weighted by atomic mass is 10.1. The Kier molecular flexibility index (Phi) is 7.70. The van der Waals surface area contributed by atoms with Gasteiger partial charge in [0.25, 0.3) is 5.91 Å². The molecule has 2 rings (SSSR count). The number of benzene rings is 2. The fraction of sp³-hybridized carbons (Fsp3) is 0.316. The average molecular weight is 462 g/mol. The molecular formula is C19H19BrF3NO4. The van der Waals surface area contributed by atoms with E-state index < -0.39 is 23.8 Å². The summed E-state index contributed by atoms with van der Waals surface area (Å²) in [5.74, 6) is -0.0560. The Balaban J connectivity index is 2.15. The van der Waals surface area contributed by atoms with Crippen LogP contribution in [0.3, 0.4) is 0 Å². The maximum absolute atomic E-state index is 13.0. The Morgan fingerprint density at radius 2 is 1.82 bits per heavy atom. The normalized spacial score (nSPS) is 12.4. The van der Waals surface area contributed by atoms with Gasteiger partial charge in [-0.1, -0.05) is 15.9 Å². The van der Waals surface area contributed by atoms with Crippen LogP contribution in [0.5, 0.6) is 11.5 Å². The van der Waals surface area contributed by atoms with E-state index in [1.54, 1.807) is 24.3 Å². The minimum absolute atomic E-state index is 0.0952. The van der Waals surface area contributed by atoms with Crippen molar-refractivity contribution >= 4 is 27.5 Å². The minimum atomic E-state index is -4.55. The SMILES string of the molecule is COCCOc1ccc(C(F)(F)F)cc1NC(=O)C(C)Oc1ccc(Br)cc1. The maximum atomic E-state index is 13.0. The first-order valence-corrected chi connectivity index (χ1v) is 9.06. The summed E-state index contributed by atoms with van der Waals surface area (Å²) >= 11 is 3.29. The van der Waals surface area contributed by atoms with Gasteiger partial charge >= 0.3 is 6.18 Å². The van der Waals surface area contributed by atoms with Gasteiger partial charge in [0.15, 0.2) is 6.10 Å². The van der Waals surface area contributed by atoms with Gasteiger partial charge in [0, 0.05) is 11.6 Å². The lowest BCUT2D eigenvalue weighted by Crippen LogP contribution is -2.30. The molecule has 1 N–H and O–H groups in total. The molecule has 0 saturated heterocycles. The zero-order valence-corrected chi connectivity index (χ0v) is 16.8. The van der Waals surface area contributed by atoms with Crippen LogP contribution in [0.1, 0.15) is 12.5 Å². The Bertz CT molecular complexity index is 797. The lowest BCUT2D eigenvalue weighted by molar-refractivity contribution is -0.137. The fourth-order valence-corrected chi connectivity index (χ4v) is 2.43. The highest BCUT2D eigenvalue weighted by molar-refractivity contribution is 9.10. The highest BCUT2D eigenvalue weighted by Crippen LogP contribution is 2.35. The largest absolute Gasteiger partial charge is 0.489 e. The third kappa shape index (κ3) is 6.42. The number of carbonyl (C=O) groups is 1. The number of methoxy groups -OCH3 is 1. The Hall–Kier alpha value is -2.26. The summed E-state index contributed by atoms with van der Waals surface area (Å²) in [6.07, 6.45) is -5.49. The molecule has 28 heavy (non-hydrogen) atoms. The molecule has 0 spiro atoms. The molecule has 0 saturated carbocycles. The Labute approximate surface area is 168 Å². The molecule has 5 nitrogen and oxygen atoms in total. The standard InChI is InChI=1S/C19H19BrF3NO4/c1-12(28-15-6-4-14(20)5-7-15)18(25)24-16-11-13(19(21,22)23)3-8-17(16)27-10-9-26-2/h3-8,11-12H,9-10H2,1-2H3,(H,24,25). The van der Waals surface area contributed by atoms with Crippen molar-refractivity contribution in [3.05, 3.63) is 52.5 Å². The topological polar surface area (TPSA) is 56.8 Å². The van der Waals surface area contributed by atoms with Crippen molar-refractivity contribution in [2.75, 3.05) is 25.6 Å². The molecule has 0 fully saturated rings. The van der Waals surface area contributed by atoms with E-state index in [-0.39, 0.29) is 24.7 Å². The predicted molar refractivity (Wildman–Crippen MR) is 102 cm³/mol. The molecule has 0 aliphatic carbocycles. The predicted octanol–water partition coefficient (Wildman–Crippen LogP) is 4.90. The van der Waals surface area contributed by atoms with Crippen LogP contribution in [0.4, 0.5) is 18.9 Å². The first kappa shape index (κ1) is 22.0. The van der Waals surface area contributed by atoms with Gasteiger partial charge in [-0.25, -0.2) is 0 Å². The Morgan fingerprint density at radius 1 is 1.14 bits per heavy atom. The van der Waals surface area contributed by atoms with E-state index in [0.29, 0.717) is 5.75 Å². The molecule has 0 aliphatic heterocycles. The third-order valence-corrected chi connectivity index (χ3v) is 4.13. The molecule has 1 atom stereocenters. The molecule has 1 amide bonds. The number of hydrogen-bond acceptors (Lipinski definition) is 4. The van der Waals surface area contributed by atoms with Crippen LogP contribution >= 0.6 is 15.9 Å². The molecule has 0 radical (unpaired) electrons. The van der Waals surface area contributed by atoms with Crippen LogP contribution in [0.25, 0.3) is 0 Å². The first-order valence-electron chi connectivity index (χ1n) is 8.27. The molecule has 2 aromatic carbocycles. The van der Waals surface area contributed by atoms with Crippen LogP contribution < -0.4 is 14.8 Å². The van der Waals surface area contributed by atoms with E-state index in [9.17, 15) is 18.0 Å². The van der Waals surface area contributed by atoms with Gasteiger partial charge in [0.05, 0.1) is 17.9 Å².